The van der Waals surface area contributed by atoms with Gasteiger partial charge in [-0.25, -0.2) is 0 Å². The highest BCUT2D eigenvalue weighted by molar-refractivity contribution is 6.30. The van der Waals surface area contributed by atoms with Crippen molar-refractivity contribution in [2.24, 2.45) is 0 Å². The molecule has 0 radical (unpaired) electrons. The zero-order chi connectivity index (χ0) is 14.8. The van der Waals surface area contributed by atoms with Gasteiger partial charge < -0.3 is 4.74 Å². The molecule has 0 spiro atoms. The van der Waals surface area contributed by atoms with Crippen LogP contribution in [0.4, 0.5) is 0 Å². The Kier molecular flexibility index (Phi) is 4.18. The van der Waals surface area contributed by atoms with Gasteiger partial charge in [0.2, 0.25) is 0 Å². The Labute approximate surface area is 133 Å². The van der Waals surface area contributed by atoms with E-state index in [0.717, 1.165) is 17.5 Å². The minimum atomic E-state index is -0.290. The first-order valence-electron chi connectivity index (χ1n) is 6.84. The molecule has 0 unspecified atom stereocenters. The lowest BCUT2D eigenvalue weighted by molar-refractivity contribution is -0.155. The van der Waals surface area contributed by atoms with E-state index in [1.54, 1.807) is 0 Å². The number of benzene rings is 2. The van der Waals surface area contributed by atoms with Crippen LogP contribution >= 0.6 is 23.2 Å². The van der Waals surface area contributed by atoms with Gasteiger partial charge in [0.05, 0.1) is 0 Å². The van der Waals surface area contributed by atoms with E-state index in [1.165, 1.54) is 0 Å². The first-order chi connectivity index (χ1) is 10.1. The molecule has 0 saturated carbocycles. The maximum atomic E-state index is 11.7. The number of halogens is 2. The SMILES string of the molecule is O=C1CC[C@H](c2cccc(Cl)c2)[C@H](c2ccc(Cl)cc2)O1. The third-order valence-electron chi connectivity index (χ3n) is 3.76. The second-order valence-corrected chi connectivity index (χ2v) is 6.04. The molecule has 0 bridgehead atoms. The van der Waals surface area contributed by atoms with Crippen LogP contribution in [0.1, 0.15) is 36.0 Å². The zero-order valence-corrected chi connectivity index (χ0v) is 12.8. The molecule has 1 saturated heterocycles. The zero-order valence-electron chi connectivity index (χ0n) is 11.3. The third kappa shape index (κ3) is 3.22. The molecule has 108 valence electrons. The monoisotopic (exact) mass is 320 g/mol. The molecule has 0 aliphatic carbocycles. The lowest BCUT2D eigenvalue weighted by Crippen LogP contribution is -2.24. The van der Waals surface area contributed by atoms with Gasteiger partial charge in [0, 0.05) is 22.4 Å². The van der Waals surface area contributed by atoms with E-state index in [1.807, 2.05) is 48.5 Å². The molecule has 1 fully saturated rings. The summed E-state index contributed by atoms with van der Waals surface area (Å²) >= 11 is 12.0. The lowest BCUT2D eigenvalue weighted by Gasteiger charge is -2.32. The summed E-state index contributed by atoms with van der Waals surface area (Å²) in [6, 6.07) is 15.2. The Bertz CT molecular complexity index is 652. The standard InChI is InChI=1S/C17H14Cl2O2/c18-13-6-4-11(5-7-13)17-15(8-9-16(20)21-17)12-2-1-3-14(19)10-12/h1-7,10,15,17H,8-9H2/t15-,17+/m1/s1. The minimum absolute atomic E-state index is 0.113. The summed E-state index contributed by atoms with van der Waals surface area (Å²) in [5.74, 6) is -0.0456. The highest BCUT2D eigenvalue weighted by atomic mass is 35.5. The van der Waals surface area contributed by atoms with Crippen molar-refractivity contribution in [1.29, 1.82) is 0 Å². The van der Waals surface area contributed by atoms with E-state index < -0.39 is 0 Å². The summed E-state index contributed by atoms with van der Waals surface area (Å²) in [5, 5.41) is 1.36. The first kappa shape index (κ1) is 14.4. The van der Waals surface area contributed by atoms with Gasteiger partial charge in [-0.2, -0.15) is 0 Å². The van der Waals surface area contributed by atoms with Gasteiger partial charge in [-0.15, -0.1) is 0 Å². The van der Waals surface area contributed by atoms with Crippen molar-refractivity contribution in [2.45, 2.75) is 24.9 Å². The number of carbonyl (C=O) groups is 1. The molecule has 2 atom stereocenters. The molecule has 1 aliphatic rings. The summed E-state index contributed by atoms with van der Waals surface area (Å²) in [7, 11) is 0. The predicted octanol–water partition coefficient (Wildman–Crippen LogP) is 5.16. The van der Waals surface area contributed by atoms with Crippen molar-refractivity contribution in [3.05, 3.63) is 69.7 Å². The Morgan fingerprint density at radius 1 is 0.952 bits per heavy atom. The van der Waals surface area contributed by atoms with Gasteiger partial charge in [-0.1, -0.05) is 47.5 Å². The molecular weight excluding hydrogens is 307 g/mol. The van der Waals surface area contributed by atoms with Crippen LogP contribution in [-0.2, 0) is 9.53 Å². The highest BCUT2D eigenvalue weighted by Gasteiger charge is 2.33. The number of carbonyl (C=O) groups excluding carboxylic acids is 1. The van der Waals surface area contributed by atoms with E-state index >= 15 is 0 Å². The average Bonchev–Trinajstić information content (AvgIpc) is 2.48. The fourth-order valence-corrected chi connectivity index (χ4v) is 3.06. The fourth-order valence-electron chi connectivity index (χ4n) is 2.74. The molecular formula is C17H14Cl2O2. The molecule has 1 heterocycles. The van der Waals surface area contributed by atoms with Crippen molar-refractivity contribution in [3.63, 3.8) is 0 Å². The smallest absolute Gasteiger partial charge is 0.306 e. The Morgan fingerprint density at radius 3 is 2.43 bits per heavy atom. The summed E-state index contributed by atoms with van der Waals surface area (Å²) in [6.45, 7) is 0. The minimum Gasteiger partial charge on any atom is -0.457 e. The van der Waals surface area contributed by atoms with E-state index in [-0.39, 0.29) is 18.0 Å². The largest absolute Gasteiger partial charge is 0.457 e. The molecule has 0 amide bonds. The van der Waals surface area contributed by atoms with Gasteiger partial charge in [0.25, 0.3) is 0 Å². The van der Waals surface area contributed by atoms with Crippen LogP contribution < -0.4 is 0 Å². The molecule has 1 aliphatic heterocycles. The summed E-state index contributed by atoms with van der Waals surface area (Å²) in [4.78, 5) is 11.7. The van der Waals surface area contributed by atoms with Gasteiger partial charge in [-0.05, 0) is 41.8 Å². The molecule has 2 aromatic carbocycles. The van der Waals surface area contributed by atoms with Crippen molar-refractivity contribution in [2.75, 3.05) is 0 Å². The molecule has 3 rings (SSSR count). The molecule has 0 aromatic heterocycles. The number of hydrogen-bond donors (Lipinski definition) is 0. The van der Waals surface area contributed by atoms with E-state index in [9.17, 15) is 4.79 Å². The number of esters is 1. The number of ether oxygens (including phenoxy) is 1. The van der Waals surface area contributed by atoms with Crippen LogP contribution in [0.3, 0.4) is 0 Å². The van der Waals surface area contributed by atoms with Crippen molar-refractivity contribution in [3.8, 4) is 0 Å². The van der Waals surface area contributed by atoms with Gasteiger partial charge >= 0.3 is 5.97 Å². The predicted molar refractivity (Wildman–Crippen MR) is 83.7 cm³/mol. The van der Waals surface area contributed by atoms with Crippen LogP contribution in [0.25, 0.3) is 0 Å². The first-order valence-corrected chi connectivity index (χ1v) is 7.59. The Morgan fingerprint density at radius 2 is 1.71 bits per heavy atom. The Hall–Kier alpha value is -1.51. The maximum Gasteiger partial charge on any atom is 0.306 e. The highest BCUT2D eigenvalue weighted by Crippen LogP contribution is 2.41. The summed E-state index contributed by atoms with van der Waals surface area (Å²) in [6.07, 6.45) is 0.898. The van der Waals surface area contributed by atoms with Crippen molar-refractivity contribution in [1.82, 2.24) is 0 Å². The second-order valence-electron chi connectivity index (χ2n) is 5.16. The van der Waals surface area contributed by atoms with Crippen LogP contribution in [-0.4, -0.2) is 5.97 Å². The molecule has 2 nitrogen and oxygen atoms in total. The third-order valence-corrected chi connectivity index (χ3v) is 4.25. The summed E-state index contributed by atoms with van der Waals surface area (Å²) in [5.41, 5.74) is 2.05. The second kappa shape index (κ2) is 6.08. The van der Waals surface area contributed by atoms with Crippen LogP contribution in [0.15, 0.2) is 48.5 Å². The quantitative estimate of drug-likeness (QED) is 0.715. The van der Waals surface area contributed by atoms with Crippen LogP contribution in [0.2, 0.25) is 10.0 Å². The van der Waals surface area contributed by atoms with E-state index in [4.69, 9.17) is 27.9 Å². The topological polar surface area (TPSA) is 26.3 Å². The van der Waals surface area contributed by atoms with Crippen LogP contribution in [0.5, 0.6) is 0 Å². The average molecular weight is 321 g/mol. The van der Waals surface area contributed by atoms with E-state index in [0.29, 0.717) is 16.5 Å². The molecule has 4 heteroatoms. The number of cyclic esters (lactones) is 1. The fraction of sp³-hybridized carbons (Fsp3) is 0.235. The molecule has 2 aromatic rings. The van der Waals surface area contributed by atoms with Crippen LogP contribution in [0, 0.1) is 0 Å². The normalized spacial score (nSPS) is 21.9. The maximum absolute atomic E-state index is 11.7. The number of hydrogen-bond acceptors (Lipinski definition) is 2. The van der Waals surface area contributed by atoms with Crippen molar-refractivity contribution >= 4 is 29.2 Å². The number of rotatable bonds is 2. The lowest BCUT2D eigenvalue weighted by atomic mass is 9.84. The summed E-state index contributed by atoms with van der Waals surface area (Å²) < 4.78 is 5.59. The van der Waals surface area contributed by atoms with Gasteiger partial charge in [0.1, 0.15) is 6.10 Å². The molecule has 0 N–H and O–H groups in total. The molecule has 21 heavy (non-hydrogen) atoms. The Balaban J connectivity index is 1.96. The van der Waals surface area contributed by atoms with Gasteiger partial charge in [0.15, 0.2) is 0 Å². The van der Waals surface area contributed by atoms with Gasteiger partial charge in [-0.3, -0.25) is 4.79 Å². The van der Waals surface area contributed by atoms with Crippen molar-refractivity contribution < 1.29 is 9.53 Å². The van der Waals surface area contributed by atoms with E-state index in [2.05, 4.69) is 0 Å².